The Labute approximate surface area is 119 Å². The fraction of sp³-hybridized carbons (Fsp3) is 0.214. The summed E-state index contributed by atoms with van der Waals surface area (Å²) in [4.78, 5) is 12.4. The van der Waals surface area contributed by atoms with Crippen molar-refractivity contribution in [3.8, 4) is 11.4 Å². The topological polar surface area (TPSA) is 56.5 Å². The molecule has 0 unspecified atom stereocenters. The van der Waals surface area contributed by atoms with E-state index < -0.39 is 0 Å². The van der Waals surface area contributed by atoms with E-state index in [1.54, 1.807) is 6.92 Å². The van der Waals surface area contributed by atoms with Crippen molar-refractivity contribution in [2.45, 2.75) is 13.3 Å². The molecule has 0 saturated carbocycles. The molecular weight excluding hydrogens is 274 g/mol. The maximum absolute atomic E-state index is 11.7. The van der Waals surface area contributed by atoms with Crippen LogP contribution in [0.1, 0.15) is 12.6 Å². The Balaban J connectivity index is 2.03. The van der Waals surface area contributed by atoms with Gasteiger partial charge in [-0.05, 0) is 6.92 Å². The summed E-state index contributed by atoms with van der Waals surface area (Å²) in [7, 11) is 0. The van der Waals surface area contributed by atoms with E-state index in [1.165, 1.54) is 11.3 Å². The second-order valence-corrected chi connectivity index (χ2v) is 5.05. The largest absolute Gasteiger partial charge is 0.466 e. The minimum atomic E-state index is -0.236. The smallest absolute Gasteiger partial charge is 0.311 e. The molecule has 0 aliphatic rings. The van der Waals surface area contributed by atoms with Gasteiger partial charge in [0.05, 0.1) is 13.0 Å². The highest BCUT2D eigenvalue weighted by Gasteiger charge is 2.15. The number of rotatable bonds is 4. The van der Waals surface area contributed by atoms with Crippen molar-refractivity contribution in [3.05, 3.63) is 41.4 Å². The number of thiazole rings is 1. The molecule has 6 heteroatoms. The van der Waals surface area contributed by atoms with Crippen LogP contribution >= 0.6 is 11.3 Å². The predicted molar refractivity (Wildman–Crippen MR) is 76.6 cm³/mol. The lowest BCUT2D eigenvalue weighted by molar-refractivity contribution is -0.142. The molecule has 0 aliphatic carbocycles. The lowest BCUT2D eigenvalue weighted by atomic mass is 10.2. The Bertz CT molecular complexity index is 733. The van der Waals surface area contributed by atoms with Crippen molar-refractivity contribution in [2.75, 3.05) is 6.61 Å². The van der Waals surface area contributed by atoms with E-state index in [-0.39, 0.29) is 12.4 Å². The summed E-state index contributed by atoms with van der Waals surface area (Å²) in [5.41, 5.74) is 1.83. The number of esters is 1. The number of fused-ring (bicyclic) bond motifs is 1. The second-order valence-electron chi connectivity index (χ2n) is 4.22. The minimum absolute atomic E-state index is 0.228. The Morgan fingerprint density at radius 2 is 2.10 bits per heavy atom. The van der Waals surface area contributed by atoms with Gasteiger partial charge < -0.3 is 4.74 Å². The zero-order valence-electron chi connectivity index (χ0n) is 10.9. The number of hydrogen-bond donors (Lipinski definition) is 0. The van der Waals surface area contributed by atoms with Crippen LogP contribution in [0.25, 0.3) is 16.3 Å². The third-order valence-corrected chi connectivity index (χ3v) is 3.75. The number of ether oxygens (including phenoxy) is 1. The Morgan fingerprint density at radius 1 is 1.30 bits per heavy atom. The Kier molecular flexibility index (Phi) is 3.47. The fourth-order valence-electron chi connectivity index (χ4n) is 2.03. The van der Waals surface area contributed by atoms with E-state index in [1.807, 2.05) is 40.1 Å². The van der Waals surface area contributed by atoms with E-state index in [4.69, 9.17) is 4.74 Å². The number of carbonyl (C=O) groups excluding carboxylic acids is 1. The van der Waals surface area contributed by atoms with Gasteiger partial charge in [0.25, 0.3) is 0 Å². The molecule has 0 aliphatic heterocycles. The molecule has 0 amide bonds. The highest BCUT2D eigenvalue weighted by molar-refractivity contribution is 7.15. The van der Waals surface area contributed by atoms with Gasteiger partial charge in [0, 0.05) is 16.6 Å². The van der Waals surface area contributed by atoms with Gasteiger partial charge in [-0.1, -0.05) is 30.3 Å². The van der Waals surface area contributed by atoms with Crippen molar-refractivity contribution in [1.82, 2.24) is 14.6 Å². The molecule has 0 bridgehead atoms. The lowest BCUT2D eigenvalue weighted by Crippen LogP contribution is -2.09. The molecule has 3 rings (SSSR count). The van der Waals surface area contributed by atoms with Crippen molar-refractivity contribution in [3.63, 3.8) is 0 Å². The second kappa shape index (κ2) is 5.42. The third-order valence-electron chi connectivity index (χ3n) is 2.88. The first kappa shape index (κ1) is 12.8. The van der Waals surface area contributed by atoms with Crippen LogP contribution in [0, 0.1) is 0 Å². The van der Waals surface area contributed by atoms with Gasteiger partial charge >= 0.3 is 5.97 Å². The van der Waals surface area contributed by atoms with Crippen LogP contribution in [0.4, 0.5) is 0 Å². The van der Waals surface area contributed by atoms with E-state index in [0.717, 1.165) is 22.0 Å². The molecule has 102 valence electrons. The zero-order valence-corrected chi connectivity index (χ0v) is 11.8. The molecule has 0 N–H and O–H groups in total. The molecule has 3 aromatic rings. The molecule has 0 atom stereocenters. The van der Waals surface area contributed by atoms with Gasteiger partial charge in [0.15, 0.2) is 5.82 Å². The maximum atomic E-state index is 11.7. The number of aromatic nitrogens is 3. The Hall–Kier alpha value is -2.21. The number of hydrogen-bond acceptors (Lipinski definition) is 5. The molecule has 2 aromatic heterocycles. The minimum Gasteiger partial charge on any atom is -0.466 e. The predicted octanol–water partition coefficient (Wildman–Crippen LogP) is 2.56. The number of benzene rings is 1. The fourth-order valence-corrected chi connectivity index (χ4v) is 2.86. The molecule has 0 spiro atoms. The van der Waals surface area contributed by atoms with Crippen molar-refractivity contribution in [2.24, 2.45) is 0 Å². The van der Waals surface area contributed by atoms with Crippen LogP contribution in [0.2, 0.25) is 0 Å². The third kappa shape index (κ3) is 2.30. The maximum Gasteiger partial charge on any atom is 0.311 e. The van der Waals surface area contributed by atoms with Gasteiger partial charge in [-0.2, -0.15) is 0 Å². The molecule has 1 aromatic carbocycles. The summed E-state index contributed by atoms with van der Waals surface area (Å²) in [5, 5.41) is 10.3. The highest BCUT2D eigenvalue weighted by Crippen LogP contribution is 2.24. The standard InChI is InChI=1S/C14H13N3O2S/c1-2-19-12(18)8-11-9-20-14-16-15-13(17(11)14)10-6-4-3-5-7-10/h3-7,9H,2,8H2,1H3. The summed E-state index contributed by atoms with van der Waals surface area (Å²) >= 11 is 1.47. The molecule has 2 heterocycles. The van der Waals surface area contributed by atoms with Crippen LogP contribution in [0.15, 0.2) is 35.7 Å². The first-order chi connectivity index (χ1) is 9.79. The van der Waals surface area contributed by atoms with Gasteiger partial charge in [0.1, 0.15) is 0 Å². The van der Waals surface area contributed by atoms with Crippen molar-refractivity contribution in [1.29, 1.82) is 0 Å². The molecule has 5 nitrogen and oxygen atoms in total. The molecular formula is C14H13N3O2S. The van der Waals surface area contributed by atoms with E-state index >= 15 is 0 Å². The average molecular weight is 287 g/mol. The first-order valence-corrected chi connectivity index (χ1v) is 7.20. The number of nitrogens with zero attached hydrogens (tertiary/aromatic N) is 3. The summed E-state index contributed by atoms with van der Waals surface area (Å²) in [6.45, 7) is 2.19. The van der Waals surface area contributed by atoms with E-state index in [2.05, 4.69) is 10.2 Å². The normalized spacial score (nSPS) is 10.8. The van der Waals surface area contributed by atoms with E-state index in [9.17, 15) is 4.79 Å². The summed E-state index contributed by atoms with van der Waals surface area (Å²) < 4.78 is 6.91. The summed E-state index contributed by atoms with van der Waals surface area (Å²) in [6, 6.07) is 9.81. The quantitative estimate of drug-likeness (QED) is 0.692. The van der Waals surface area contributed by atoms with Crippen molar-refractivity contribution < 1.29 is 9.53 Å². The van der Waals surface area contributed by atoms with Crippen LogP contribution in [-0.2, 0) is 16.0 Å². The van der Waals surface area contributed by atoms with Crippen LogP contribution in [0.5, 0.6) is 0 Å². The van der Waals surface area contributed by atoms with Crippen molar-refractivity contribution >= 4 is 22.3 Å². The van der Waals surface area contributed by atoms with Crippen LogP contribution in [0.3, 0.4) is 0 Å². The summed E-state index contributed by atoms with van der Waals surface area (Å²) in [5.74, 6) is 0.515. The molecule has 20 heavy (non-hydrogen) atoms. The Morgan fingerprint density at radius 3 is 2.85 bits per heavy atom. The van der Waals surface area contributed by atoms with Crippen LogP contribution in [-0.4, -0.2) is 27.2 Å². The molecule has 0 fully saturated rings. The first-order valence-electron chi connectivity index (χ1n) is 6.32. The molecule has 0 saturated heterocycles. The zero-order chi connectivity index (χ0) is 13.9. The van der Waals surface area contributed by atoms with Gasteiger partial charge in [-0.15, -0.1) is 21.5 Å². The highest BCUT2D eigenvalue weighted by atomic mass is 32.1. The monoisotopic (exact) mass is 287 g/mol. The molecule has 0 radical (unpaired) electrons. The van der Waals surface area contributed by atoms with Gasteiger partial charge in [-0.25, -0.2) is 0 Å². The van der Waals surface area contributed by atoms with Gasteiger partial charge in [-0.3, -0.25) is 9.20 Å². The summed E-state index contributed by atoms with van der Waals surface area (Å²) in [6.07, 6.45) is 0.228. The average Bonchev–Trinajstić information content (AvgIpc) is 3.03. The van der Waals surface area contributed by atoms with Crippen LogP contribution < -0.4 is 0 Å². The lowest BCUT2D eigenvalue weighted by Gasteiger charge is -2.03. The number of carbonyl (C=O) groups is 1. The SMILES string of the molecule is CCOC(=O)Cc1csc2nnc(-c3ccccc3)n12. The van der Waals surface area contributed by atoms with E-state index in [0.29, 0.717) is 6.61 Å². The van der Waals surface area contributed by atoms with Gasteiger partial charge in [0.2, 0.25) is 4.96 Å².